The van der Waals surface area contributed by atoms with Gasteiger partial charge in [0.2, 0.25) is 5.91 Å². The first kappa shape index (κ1) is 26.5. The van der Waals surface area contributed by atoms with E-state index < -0.39 is 22.5 Å². The van der Waals surface area contributed by atoms with E-state index in [0.29, 0.717) is 10.8 Å². The molecule has 0 fully saturated rings. The number of hydrogen-bond donors (Lipinski definition) is 1. The Balaban J connectivity index is 1.99. The fourth-order valence-electron chi connectivity index (χ4n) is 3.25. The average Bonchev–Trinajstić information content (AvgIpc) is 2.86. The topological polar surface area (TPSA) is 94.2 Å². The highest BCUT2D eigenvalue weighted by atomic mass is 35.5. The van der Waals surface area contributed by atoms with Crippen LogP contribution in [0.3, 0.4) is 0 Å². The molecule has 0 radical (unpaired) electrons. The molecular weight excluding hydrogens is 515 g/mol. The second kappa shape index (κ2) is 11.5. The van der Waals surface area contributed by atoms with Gasteiger partial charge in [0.1, 0.15) is 12.3 Å². The van der Waals surface area contributed by atoms with Gasteiger partial charge in [-0.25, -0.2) is 8.42 Å². The number of carbonyl (C=O) groups is 1. The minimum absolute atomic E-state index is 0.108. The molecule has 1 amide bonds. The van der Waals surface area contributed by atoms with Crippen LogP contribution in [-0.2, 0) is 21.4 Å². The van der Waals surface area contributed by atoms with Crippen molar-refractivity contribution in [1.29, 1.82) is 0 Å². The Morgan fingerprint density at radius 2 is 1.43 bits per heavy atom. The van der Waals surface area contributed by atoms with Crippen LogP contribution in [0.1, 0.15) is 5.56 Å². The minimum Gasteiger partial charge on any atom is -0.495 e. The molecule has 35 heavy (non-hydrogen) atoms. The first-order valence-electron chi connectivity index (χ1n) is 10.3. The normalized spacial score (nSPS) is 11.0. The van der Waals surface area contributed by atoms with Gasteiger partial charge in [0.25, 0.3) is 10.0 Å². The molecular formula is C24H24Cl2N2O6S. The largest absolute Gasteiger partial charge is 0.495 e. The van der Waals surface area contributed by atoms with Crippen LogP contribution in [0.15, 0.2) is 65.6 Å². The van der Waals surface area contributed by atoms with Crippen molar-refractivity contribution in [3.05, 3.63) is 76.3 Å². The maximum Gasteiger partial charge on any atom is 0.265 e. The second-order valence-corrected chi connectivity index (χ2v) is 9.98. The van der Waals surface area contributed by atoms with Crippen LogP contribution in [0.5, 0.6) is 17.2 Å². The van der Waals surface area contributed by atoms with E-state index in [1.54, 1.807) is 30.3 Å². The van der Waals surface area contributed by atoms with Gasteiger partial charge in [-0.05, 0) is 48.0 Å². The monoisotopic (exact) mass is 538 g/mol. The van der Waals surface area contributed by atoms with Gasteiger partial charge in [0, 0.05) is 22.7 Å². The summed E-state index contributed by atoms with van der Waals surface area (Å²) in [7, 11) is -0.0228. The molecule has 8 nitrogen and oxygen atoms in total. The molecule has 0 aliphatic heterocycles. The smallest absolute Gasteiger partial charge is 0.265 e. The zero-order valence-electron chi connectivity index (χ0n) is 19.2. The number of hydrogen-bond acceptors (Lipinski definition) is 6. The summed E-state index contributed by atoms with van der Waals surface area (Å²) in [6.07, 6.45) is 0. The van der Waals surface area contributed by atoms with Crippen LogP contribution in [0, 0.1) is 0 Å². The van der Waals surface area contributed by atoms with Crippen LogP contribution < -0.4 is 23.8 Å². The molecule has 0 aliphatic rings. The highest BCUT2D eigenvalue weighted by molar-refractivity contribution is 7.92. The maximum atomic E-state index is 13.8. The molecule has 3 rings (SSSR count). The highest BCUT2D eigenvalue weighted by Gasteiger charge is 2.30. The lowest BCUT2D eigenvalue weighted by Crippen LogP contribution is -2.40. The number of ether oxygens (including phenoxy) is 3. The number of methoxy groups -OCH3 is 3. The van der Waals surface area contributed by atoms with Gasteiger partial charge in [-0.1, -0.05) is 35.3 Å². The van der Waals surface area contributed by atoms with E-state index in [1.807, 2.05) is 0 Å². The fraction of sp³-hybridized carbons (Fsp3) is 0.208. The van der Waals surface area contributed by atoms with E-state index in [1.165, 1.54) is 51.7 Å². The first-order chi connectivity index (χ1) is 16.7. The third-order valence-corrected chi connectivity index (χ3v) is 7.29. The number of rotatable bonds is 10. The molecule has 0 atom stereocenters. The van der Waals surface area contributed by atoms with Crippen LogP contribution in [0.2, 0.25) is 10.0 Å². The number of halogens is 2. The molecule has 0 aliphatic carbocycles. The van der Waals surface area contributed by atoms with E-state index >= 15 is 0 Å². The number of amides is 1. The van der Waals surface area contributed by atoms with Crippen molar-refractivity contribution in [2.45, 2.75) is 11.4 Å². The summed E-state index contributed by atoms with van der Waals surface area (Å²) in [6, 6.07) is 15.6. The van der Waals surface area contributed by atoms with Crippen molar-refractivity contribution in [2.75, 3.05) is 32.2 Å². The summed E-state index contributed by atoms with van der Waals surface area (Å²) in [4.78, 5) is 12.8. The van der Waals surface area contributed by atoms with Gasteiger partial charge in [0.05, 0.1) is 31.9 Å². The van der Waals surface area contributed by atoms with Gasteiger partial charge in [-0.2, -0.15) is 0 Å². The fourth-order valence-corrected chi connectivity index (χ4v) is 4.98. The number of benzene rings is 3. The standard InChI is InChI=1S/C24H24Cl2N2O6S/c1-32-21-10-8-18(26)12-20(21)28(15-24(29)27-14-16-4-6-17(25)7-5-16)35(30,31)19-9-11-22(33-2)23(13-19)34-3/h4-13H,14-15H2,1-3H3,(H,27,29). The maximum absolute atomic E-state index is 13.8. The van der Waals surface area contributed by atoms with E-state index in [0.717, 1.165) is 9.87 Å². The van der Waals surface area contributed by atoms with Crippen LogP contribution in [0.25, 0.3) is 0 Å². The number of sulfonamides is 1. The Kier molecular flexibility index (Phi) is 8.71. The molecule has 11 heteroatoms. The van der Waals surface area contributed by atoms with Crippen molar-refractivity contribution in [2.24, 2.45) is 0 Å². The summed E-state index contributed by atoms with van der Waals surface area (Å²) in [6.45, 7) is -0.339. The van der Waals surface area contributed by atoms with Gasteiger partial charge >= 0.3 is 0 Å². The van der Waals surface area contributed by atoms with E-state index in [4.69, 9.17) is 37.4 Å². The van der Waals surface area contributed by atoms with Crippen molar-refractivity contribution >= 4 is 44.8 Å². The minimum atomic E-state index is -4.26. The van der Waals surface area contributed by atoms with Gasteiger partial charge < -0.3 is 19.5 Å². The van der Waals surface area contributed by atoms with Crippen molar-refractivity contribution in [3.8, 4) is 17.2 Å². The molecule has 0 spiro atoms. The molecule has 0 bridgehead atoms. The molecule has 186 valence electrons. The molecule has 3 aromatic carbocycles. The molecule has 0 unspecified atom stereocenters. The van der Waals surface area contributed by atoms with Crippen LogP contribution in [-0.4, -0.2) is 42.2 Å². The van der Waals surface area contributed by atoms with Gasteiger partial charge in [-0.3, -0.25) is 9.10 Å². The van der Waals surface area contributed by atoms with E-state index in [9.17, 15) is 13.2 Å². The molecule has 3 aromatic rings. The number of anilines is 1. The highest BCUT2D eigenvalue weighted by Crippen LogP contribution is 2.37. The number of nitrogens with one attached hydrogen (secondary N) is 1. The lowest BCUT2D eigenvalue weighted by Gasteiger charge is -2.26. The summed E-state index contributed by atoms with van der Waals surface area (Å²) in [5.74, 6) is 0.271. The van der Waals surface area contributed by atoms with Crippen molar-refractivity contribution in [1.82, 2.24) is 5.32 Å². The van der Waals surface area contributed by atoms with Gasteiger partial charge in [-0.15, -0.1) is 0 Å². The van der Waals surface area contributed by atoms with Crippen LogP contribution in [0.4, 0.5) is 5.69 Å². The number of carbonyl (C=O) groups excluding carboxylic acids is 1. The lowest BCUT2D eigenvalue weighted by molar-refractivity contribution is -0.119. The second-order valence-electron chi connectivity index (χ2n) is 7.25. The first-order valence-corrected chi connectivity index (χ1v) is 12.5. The third-order valence-electron chi connectivity index (χ3n) is 5.04. The Morgan fingerprint density at radius 3 is 2.06 bits per heavy atom. The van der Waals surface area contributed by atoms with Crippen molar-refractivity contribution < 1.29 is 27.4 Å². The Bertz CT molecular complexity index is 1300. The Labute approximate surface area is 214 Å². The molecule has 0 saturated carbocycles. The van der Waals surface area contributed by atoms with Gasteiger partial charge in [0.15, 0.2) is 11.5 Å². The van der Waals surface area contributed by atoms with Crippen molar-refractivity contribution in [3.63, 3.8) is 0 Å². The summed E-state index contributed by atoms with van der Waals surface area (Å²) >= 11 is 12.1. The number of nitrogens with zero attached hydrogens (tertiary/aromatic N) is 1. The predicted octanol–water partition coefficient (Wildman–Crippen LogP) is 4.53. The molecule has 1 N–H and O–H groups in total. The summed E-state index contributed by atoms with van der Waals surface area (Å²) in [5.41, 5.74) is 0.911. The Hall–Kier alpha value is -3.14. The van der Waals surface area contributed by atoms with Crippen LogP contribution >= 0.6 is 23.2 Å². The Morgan fingerprint density at radius 1 is 0.829 bits per heavy atom. The molecule has 0 saturated heterocycles. The lowest BCUT2D eigenvalue weighted by atomic mass is 10.2. The predicted molar refractivity (Wildman–Crippen MR) is 135 cm³/mol. The van der Waals surface area contributed by atoms with E-state index in [2.05, 4.69) is 5.32 Å². The SMILES string of the molecule is COc1ccc(S(=O)(=O)N(CC(=O)NCc2ccc(Cl)cc2)c2cc(Cl)ccc2OC)cc1OC. The average molecular weight is 539 g/mol. The molecule has 0 aromatic heterocycles. The molecule has 0 heterocycles. The summed E-state index contributed by atoms with van der Waals surface area (Å²) < 4.78 is 44.3. The zero-order valence-corrected chi connectivity index (χ0v) is 21.6. The zero-order chi connectivity index (χ0) is 25.6. The quantitative estimate of drug-likeness (QED) is 0.407. The third kappa shape index (κ3) is 6.30. The van der Waals surface area contributed by atoms with E-state index in [-0.39, 0.29) is 33.6 Å². The summed E-state index contributed by atoms with van der Waals surface area (Å²) in [5, 5.41) is 3.57.